The SMILES string of the molecule is N#CC(C#N)=CNc1cc(S(=O)(=O)C(F)(F)F)cc(I)c1O. The molecule has 0 spiro atoms. The van der Waals surface area contributed by atoms with Crippen LogP contribution in [0.3, 0.4) is 0 Å². The van der Waals surface area contributed by atoms with Crippen molar-refractivity contribution in [1.29, 1.82) is 10.5 Å². The highest BCUT2D eigenvalue weighted by molar-refractivity contribution is 14.1. The molecule has 0 radical (unpaired) electrons. The molecule has 22 heavy (non-hydrogen) atoms. The Labute approximate surface area is 136 Å². The first-order valence-corrected chi connectivity index (χ1v) is 7.71. The van der Waals surface area contributed by atoms with E-state index in [1.807, 2.05) is 0 Å². The van der Waals surface area contributed by atoms with Crippen LogP contribution in [0.15, 0.2) is 28.8 Å². The van der Waals surface area contributed by atoms with E-state index >= 15 is 0 Å². The number of rotatable bonds is 3. The van der Waals surface area contributed by atoms with Gasteiger partial charge in [0.05, 0.1) is 14.2 Å². The van der Waals surface area contributed by atoms with Gasteiger partial charge in [0.1, 0.15) is 17.7 Å². The quantitative estimate of drug-likeness (QED) is 0.422. The maximum atomic E-state index is 12.5. The molecule has 0 amide bonds. The number of halogens is 4. The summed E-state index contributed by atoms with van der Waals surface area (Å²) in [7, 11) is -5.59. The average molecular weight is 443 g/mol. The van der Waals surface area contributed by atoms with Gasteiger partial charge in [0, 0.05) is 6.20 Å². The van der Waals surface area contributed by atoms with Gasteiger partial charge in [-0.25, -0.2) is 8.42 Å². The van der Waals surface area contributed by atoms with Crippen LogP contribution in [0.2, 0.25) is 0 Å². The van der Waals surface area contributed by atoms with Crippen molar-refractivity contribution in [2.45, 2.75) is 10.4 Å². The highest BCUT2D eigenvalue weighted by Gasteiger charge is 2.47. The van der Waals surface area contributed by atoms with Crippen LogP contribution in [0, 0.1) is 26.2 Å². The molecule has 1 rings (SSSR count). The second-order valence-corrected chi connectivity index (χ2v) is 6.78. The van der Waals surface area contributed by atoms with Crippen molar-refractivity contribution < 1.29 is 26.7 Å². The maximum absolute atomic E-state index is 12.5. The Kier molecular flexibility index (Phi) is 5.26. The van der Waals surface area contributed by atoms with Crippen molar-refractivity contribution in [3.8, 4) is 17.9 Å². The number of nitriles is 2. The zero-order valence-electron chi connectivity index (χ0n) is 10.3. The first kappa shape index (κ1) is 18.1. The molecule has 116 valence electrons. The molecular weight excluding hydrogens is 438 g/mol. The van der Waals surface area contributed by atoms with E-state index in [4.69, 9.17) is 10.5 Å². The van der Waals surface area contributed by atoms with E-state index in [9.17, 15) is 26.7 Å². The average Bonchev–Trinajstić information content (AvgIpc) is 2.42. The molecule has 0 unspecified atom stereocenters. The summed E-state index contributed by atoms with van der Waals surface area (Å²) in [4.78, 5) is -1.08. The Bertz CT molecular complexity index is 804. The predicted octanol–water partition coefficient (Wildman–Crippen LogP) is 2.63. The van der Waals surface area contributed by atoms with Crippen molar-refractivity contribution in [3.63, 3.8) is 0 Å². The fourth-order valence-electron chi connectivity index (χ4n) is 1.21. The van der Waals surface area contributed by atoms with E-state index < -0.39 is 37.3 Å². The molecule has 0 aliphatic rings. The van der Waals surface area contributed by atoms with Gasteiger partial charge >= 0.3 is 5.51 Å². The van der Waals surface area contributed by atoms with E-state index in [-0.39, 0.29) is 3.57 Å². The van der Waals surface area contributed by atoms with Crippen LogP contribution < -0.4 is 5.32 Å². The monoisotopic (exact) mass is 443 g/mol. The van der Waals surface area contributed by atoms with Gasteiger partial charge < -0.3 is 10.4 Å². The number of alkyl halides is 3. The standard InChI is InChI=1S/C11H5F3IN3O3S/c12-11(13,14)22(20,21)7-1-8(15)10(19)9(2-7)18-5-6(3-16)4-17/h1-2,5,18-19H. The Balaban J connectivity index is 3.44. The van der Waals surface area contributed by atoms with Crippen molar-refractivity contribution in [3.05, 3.63) is 27.5 Å². The minimum Gasteiger partial charge on any atom is -0.505 e. The van der Waals surface area contributed by atoms with Gasteiger partial charge in [0.2, 0.25) is 0 Å². The van der Waals surface area contributed by atoms with Crippen LogP contribution in [-0.2, 0) is 9.84 Å². The first-order chi connectivity index (χ1) is 10.0. The first-order valence-electron chi connectivity index (χ1n) is 5.15. The van der Waals surface area contributed by atoms with E-state index in [1.54, 1.807) is 0 Å². The molecule has 0 saturated carbocycles. The normalized spacial score (nSPS) is 11.2. The fraction of sp³-hybridized carbons (Fsp3) is 0.0909. The summed E-state index contributed by atoms with van der Waals surface area (Å²) in [6.07, 6.45) is 0.828. The van der Waals surface area contributed by atoms with E-state index in [2.05, 4.69) is 5.32 Å². The Hall–Kier alpha value is -1.99. The van der Waals surface area contributed by atoms with Gasteiger partial charge in [0.25, 0.3) is 9.84 Å². The summed E-state index contributed by atoms with van der Waals surface area (Å²) in [5.41, 5.74) is -6.30. The third-order valence-corrected chi connectivity index (χ3v) is 4.55. The van der Waals surface area contributed by atoms with E-state index in [1.165, 1.54) is 34.7 Å². The fourth-order valence-corrected chi connectivity index (χ4v) is 2.86. The third kappa shape index (κ3) is 3.61. The number of anilines is 1. The van der Waals surface area contributed by atoms with Gasteiger partial charge in [-0.15, -0.1) is 0 Å². The van der Waals surface area contributed by atoms with Crippen molar-refractivity contribution in [1.82, 2.24) is 0 Å². The Morgan fingerprint density at radius 3 is 2.32 bits per heavy atom. The van der Waals surface area contributed by atoms with Crippen molar-refractivity contribution in [2.75, 3.05) is 5.32 Å². The number of benzene rings is 1. The Morgan fingerprint density at radius 1 is 1.32 bits per heavy atom. The topological polar surface area (TPSA) is 114 Å². The minimum absolute atomic E-state index is 0.158. The van der Waals surface area contributed by atoms with Gasteiger partial charge in [0.15, 0.2) is 5.75 Å². The number of nitrogens with zero attached hydrogens (tertiary/aromatic N) is 2. The summed E-state index contributed by atoms with van der Waals surface area (Å²) in [6.45, 7) is 0. The smallest absolute Gasteiger partial charge is 0.501 e. The number of sulfone groups is 1. The van der Waals surface area contributed by atoms with E-state index in [0.29, 0.717) is 12.1 Å². The number of phenolic OH excluding ortho intramolecular Hbond substituents is 1. The third-order valence-electron chi connectivity index (χ3n) is 2.26. The number of phenols is 1. The molecule has 0 aliphatic carbocycles. The summed E-state index contributed by atoms with van der Waals surface area (Å²) < 4.78 is 60.2. The summed E-state index contributed by atoms with van der Waals surface area (Å²) in [5, 5.41) is 29.0. The maximum Gasteiger partial charge on any atom is 0.501 e. The largest absolute Gasteiger partial charge is 0.505 e. The second kappa shape index (κ2) is 6.41. The molecule has 1 aromatic carbocycles. The molecule has 0 heterocycles. The predicted molar refractivity (Wildman–Crippen MR) is 77.0 cm³/mol. The van der Waals surface area contributed by atoms with Crippen LogP contribution in [0.4, 0.5) is 18.9 Å². The van der Waals surface area contributed by atoms with Crippen molar-refractivity contribution >= 4 is 38.1 Å². The second-order valence-electron chi connectivity index (χ2n) is 3.68. The lowest BCUT2D eigenvalue weighted by Crippen LogP contribution is -2.23. The van der Waals surface area contributed by atoms with E-state index in [0.717, 1.165) is 6.20 Å². The van der Waals surface area contributed by atoms with Crippen LogP contribution >= 0.6 is 22.6 Å². The number of hydrogen-bond acceptors (Lipinski definition) is 6. The number of aromatic hydroxyl groups is 1. The summed E-state index contributed by atoms with van der Waals surface area (Å²) in [6, 6.07) is 4.18. The molecule has 0 saturated heterocycles. The summed E-state index contributed by atoms with van der Waals surface area (Å²) >= 11 is 1.45. The lowest BCUT2D eigenvalue weighted by atomic mass is 10.3. The van der Waals surface area contributed by atoms with Gasteiger partial charge in [-0.3, -0.25) is 0 Å². The molecule has 1 aromatic rings. The number of allylic oxidation sites excluding steroid dienone is 1. The highest BCUT2D eigenvalue weighted by Crippen LogP contribution is 2.37. The lowest BCUT2D eigenvalue weighted by molar-refractivity contribution is -0.0436. The van der Waals surface area contributed by atoms with Gasteiger partial charge in [-0.2, -0.15) is 23.7 Å². The van der Waals surface area contributed by atoms with Crippen LogP contribution in [0.25, 0.3) is 0 Å². The molecule has 0 aliphatic heterocycles. The molecule has 0 atom stereocenters. The summed E-state index contributed by atoms with van der Waals surface area (Å²) in [5.74, 6) is -0.520. The van der Waals surface area contributed by atoms with Gasteiger partial charge in [-0.05, 0) is 34.7 Å². The molecule has 0 bridgehead atoms. The van der Waals surface area contributed by atoms with Crippen LogP contribution in [0.1, 0.15) is 0 Å². The van der Waals surface area contributed by atoms with Crippen molar-refractivity contribution in [2.24, 2.45) is 0 Å². The van der Waals surface area contributed by atoms with Crippen LogP contribution in [0.5, 0.6) is 5.75 Å². The molecule has 0 fully saturated rings. The zero-order chi connectivity index (χ0) is 17.1. The van der Waals surface area contributed by atoms with Gasteiger partial charge in [-0.1, -0.05) is 0 Å². The molecular formula is C11H5F3IN3O3S. The lowest BCUT2D eigenvalue weighted by Gasteiger charge is -2.12. The molecule has 11 heteroatoms. The number of hydrogen-bond donors (Lipinski definition) is 2. The molecule has 2 N–H and O–H groups in total. The Morgan fingerprint density at radius 2 is 1.86 bits per heavy atom. The zero-order valence-corrected chi connectivity index (χ0v) is 13.3. The highest BCUT2D eigenvalue weighted by atomic mass is 127. The number of nitrogens with one attached hydrogen (secondary N) is 1. The van der Waals surface area contributed by atoms with Crippen LogP contribution in [-0.4, -0.2) is 19.0 Å². The minimum atomic E-state index is -5.59. The molecule has 6 nitrogen and oxygen atoms in total. The molecule has 0 aromatic heterocycles.